The Bertz CT molecular complexity index is 172. The quantitative estimate of drug-likeness (QED) is 0.203. The highest BCUT2D eigenvalue weighted by atomic mass is 17.2. The van der Waals surface area contributed by atoms with Gasteiger partial charge in [0.1, 0.15) is 0 Å². The van der Waals surface area contributed by atoms with Gasteiger partial charge in [0.2, 0.25) is 0 Å². The molecule has 0 atom stereocenters. The van der Waals surface area contributed by atoms with Gasteiger partial charge in [-0.2, -0.15) is 4.89 Å². The average molecular weight is 188 g/mol. The number of nitrogens with zero attached hydrogens (tertiary/aromatic N) is 1. The van der Waals surface area contributed by atoms with Gasteiger partial charge in [-0.05, 0) is 0 Å². The third-order valence-electron chi connectivity index (χ3n) is 1.36. The molecule has 0 heterocycles. The normalized spacial score (nSPS) is 11.0. The van der Waals surface area contributed by atoms with Crippen LogP contribution >= 0.6 is 0 Å². The van der Waals surface area contributed by atoms with Gasteiger partial charge in [0.05, 0.1) is 34.3 Å². The first kappa shape index (κ1) is 12.1. The van der Waals surface area contributed by atoms with Crippen molar-refractivity contribution >= 4 is 5.97 Å². The molecular weight excluding hydrogens is 170 g/mol. The second-order valence-electron chi connectivity index (χ2n) is 3.80. The van der Waals surface area contributed by atoms with Gasteiger partial charge in [0, 0.05) is 12.5 Å². The largest absolute Gasteiger partial charge is 0.365 e. The van der Waals surface area contributed by atoms with Crippen LogP contribution in [0.4, 0.5) is 0 Å². The maximum Gasteiger partial charge on any atom is 0.365 e. The predicted octanol–water partition coefficient (Wildman–Crippen LogP) is 0.743. The van der Waals surface area contributed by atoms with Crippen molar-refractivity contribution in [3.8, 4) is 0 Å². The van der Waals surface area contributed by atoms with Crippen molar-refractivity contribution in [2.45, 2.75) is 6.42 Å². The van der Waals surface area contributed by atoms with Gasteiger partial charge < -0.3 is 4.48 Å². The predicted molar refractivity (Wildman–Crippen MR) is 49.8 cm³/mol. The lowest BCUT2D eigenvalue weighted by atomic mass is 10.4. The van der Waals surface area contributed by atoms with Gasteiger partial charge in [0.15, 0.2) is 0 Å². The summed E-state index contributed by atoms with van der Waals surface area (Å²) in [7, 11) is 6.28. The lowest BCUT2D eigenvalue weighted by Gasteiger charge is -2.23. The molecule has 0 aromatic carbocycles. The Morgan fingerprint density at radius 2 is 2.08 bits per heavy atom. The van der Waals surface area contributed by atoms with Crippen LogP contribution < -0.4 is 0 Å². The third kappa shape index (κ3) is 9.04. The highest BCUT2D eigenvalue weighted by Gasteiger charge is 2.06. The highest BCUT2D eigenvalue weighted by Crippen LogP contribution is 1.94. The number of carbonyl (C=O) groups is 1. The molecule has 0 saturated heterocycles. The maximum absolute atomic E-state index is 10.5. The molecule has 0 rings (SSSR count). The maximum atomic E-state index is 10.5. The number of hydrogen-bond donors (Lipinski definition) is 0. The molecule has 0 bridgehead atoms. The van der Waals surface area contributed by atoms with Crippen molar-refractivity contribution in [2.75, 3.05) is 34.3 Å². The fourth-order valence-corrected chi connectivity index (χ4v) is 0.732. The summed E-state index contributed by atoms with van der Waals surface area (Å²) >= 11 is 0. The first-order valence-corrected chi connectivity index (χ1v) is 4.22. The third-order valence-corrected chi connectivity index (χ3v) is 1.36. The molecule has 0 spiro atoms. The van der Waals surface area contributed by atoms with Crippen LogP contribution in [0.5, 0.6) is 0 Å². The smallest absolute Gasteiger partial charge is 0.331 e. The molecule has 0 aliphatic heterocycles. The van der Waals surface area contributed by atoms with Crippen molar-refractivity contribution in [3.05, 3.63) is 12.7 Å². The molecule has 0 fully saturated rings. The molecule has 0 unspecified atom stereocenters. The monoisotopic (exact) mass is 188 g/mol. The van der Waals surface area contributed by atoms with Crippen molar-refractivity contribution in [2.24, 2.45) is 0 Å². The summed E-state index contributed by atoms with van der Waals surface area (Å²) in [6.07, 6.45) is 1.92. The van der Waals surface area contributed by atoms with Crippen LogP contribution in [0.1, 0.15) is 6.42 Å². The SMILES string of the molecule is C=CC(=O)OOCCC[N+](C)(C)C. The van der Waals surface area contributed by atoms with E-state index >= 15 is 0 Å². The molecular formula is C9H18NO3+. The molecule has 0 aliphatic carbocycles. The lowest BCUT2D eigenvalue weighted by molar-refractivity contribution is -0.870. The fourth-order valence-electron chi connectivity index (χ4n) is 0.732. The number of rotatable bonds is 6. The Morgan fingerprint density at radius 3 is 2.54 bits per heavy atom. The fraction of sp³-hybridized carbons (Fsp3) is 0.667. The first-order valence-electron chi connectivity index (χ1n) is 4.22. The van der Waals surface area contributed by atoms with Crippen LogP contribution in [0.25, 0.3) is 0 Å². The number of hydrogen-bond acceptors (Lipinski definition) is 3. The zero-order valence-electron chi connectivity index (χ0n) is 8.58. The lowest BCUT2D eigenvalue weighted by Crippen LogP contribution is -2.35. The summed E-state index contributed by atoms with van der Waals surface area (Å²) in [6, 6.07) is 0. The van der Waals surface area contributed by atoms with Crippen LogP contribution in [0.2, 0.25) is 0 Å². The van der Waals surface area contributed by atoms with E-state index < -0.39 is 5.97 Å². The van der Waals surface area contributed by atoms with E-state index in [4.69, 9.17) is 0 Å². The minimum atomic E-state index is -0.551. The van der Waals surface area contributed by atoms with Crippen LogP contribution in [0.3, 0.4) is 0 Å². The summed E-state index contributed by atoms with van der Waals surface area (Å²) in [5, 5.41) is 0. The van der Waals surface area contributed by atoms with Gasteiger partial charge >= 0.3 is 5.97 Å². The van der Waals surface area contributed by atoms with Crippen molar-refractivity contribution < 1.29 is 19.1 Å². The van der Waals surface area contributed by atoms with Gasteiger partial charge in [-0.1, -0.05) is 6.58 Å². The molecule has 0 aromatic rings. The van der Waals surface area contributed by atoms with Crippen LogP contribution in [-0.4, -0.2) is 44.7 Å². The zero-order chi connectivity index (χ0) is 10.3. The van der Waals surface area contributed by atoms with Crippen LogP contribution in [0, 0.1) is 0 Å². The summed E-state index contributed by atoms with van der Waals surface area (Å²) < 4.78 is 0.874. The van der Waals surface area contributed by atoms with E-state index in [1.165, 1.54) is 0 Å². The van der Waals surface area contributed by atoms with E-state index in [9.17, 15) is 4.79 Å². The molecule has 0 amide bonds. The van der Waals surface area contributed by atoms with Crippen LogP contribution in [-0.2, 0) is 14.6 Å². The standard InChI is InChI=1S/C9H18NO3/c1-5-9(11)13-12-8-6-7-10(2,3)4/h5H,1,6-8H2,2-4H3/q+1. The van der Waals surface area contributed by atoms with E-state index in [0.29, 0.717) is 6.61 Å². The Hall–Kier alpha value is -0.870. The molecule has 0 radical (unpaired) electrons. The van der Waals surface area contributed by atoms with Gasteiger partial charge in [0.25, 0.3) is 0 Å². The number of carbonyl (C=O) groups excluding carboxylic acids is 1. The Kier molecular flexibility index (Phi) is 5.34. The first-order chi connectivity index (χ1) is 5.95. The summed E-state index contributed by atoms with van der Waals surface area (Å²) in [6.45, 7) is 4.64. The minimum absolute atomic E-state index is 0.426. The highest BCUT2D eigenvalue weighted by molar-refractivity contribution is 5.80. The molecule has 4 nitrogen and oxygen atoms in total. The van der Waals surface area contributed by atoms with E-state index in [1.807, 2.05) is 0 Å². The van der Waals surface area contributed by atoms with E-state index in [1.54, 1.807) is 0 Å². The van der Waals surface area contributed by atoms with Gasteiger partial charge in [-0.3, -0.25) is 4.89 Å². The molecule has 0 aliphatic rings. The topological polar surface area (TPSA) is 35.5 Å². The second kappa shape index (κ2) is 5.72. The minimum Gasteiger partial charge on any atom is -0.331 e. The van der Waals surface area contributed by atoms with Crippen LogP contribution in [0.15, 0.2) is 12.7 Å². The van der Waals surface area contributed by atoms with Gasteiger partial charge in [-0.25, -0.2) is 4.79 Å². The Morgan fingerprint density at radius 1 is 1.46 bits per heavy atom. The molecule has 0 N–H and O–H groups in total. The summed E-state index contributed by atoms with van der Waals surface area (Å²) in [5.41, 5.74) is 0. The molecule has 0 aromatic heterocycles. The zero-order valence-corrected chi connectivity index (χ0v) is 8.58. The van der Waals surface area contributed by atoms with E-state index in [2.05, 4.69) is 37.5 Å². The Balaban J connectivity index is 3.27. The summed E-state index contributed by atoms with van der Waals surface area (Å²) in [5.74, 6) is -0.551. The van der Waals surface area contributed by atoms with Crippen molar-refractivity contribution in [3.63, 3.8) is 0 Å². The molecule has 76 valence electrons. The molecule has 0 saturated carbocycles. The van der Waals surface area contributed by atoms with Crippen molar-refractivity contribution in [1.82, 2.24) is 0 Å². The van der Waals surface area contributed by atoms with Crippen molar-refractivity contribution in [1.29, 1.82) is 0 Å². The van der Waals surface area contributed by atoms with E-state index in [-0.39, 0.29) is 0 Å². The van der Waals surface area contributed by atoms with E-state index in [0.717, 1.165) is 23.5 Å². The second-order valence-corrected chi connectivity index (χ2v) is 3.80. The van der Waals surface area contributed by atoms with Gasteiger partial charge in [-0.15, -0.1) is 0 Å². The average Bonchev–Trinajstić information content (AvgIpc) is 2.01. The molecule has 13 heavy (non-hydrogen) atoms. The Labute approximate surface area is 79.3 Å². The molecule has 4 heteroatoms. The number of quaternary nitrogens is 1. The summed E-state index contributed by atoms with van der Waals surface area (Å²) in [4.78, 5) is 19.5.